The number of aromatic nitrogens is 2. The van der Waals surface area contributed by atoms with Gasteiger partial charge in [0.2, 0.25) is 0 Å². The number of carbonyl (C=O) groups excluding carboxylic acids is 1. The summed E-state index contributed by atoms with van der Waals surface area (Å²) in [7, 11) is 3.09. The van der Waals surface area contributed by atoms with E-state index in [-0.39, 0.29) is 17.2 Å². The number of hydrogen-bond donors (Lipinski definition) is 1. The molecule has 0 saturated heterocycles. The third-order valence-electron chi connectivity index (χ3n) is 5.20. The molecule has 0 spiro atoms. The minimum atomic E-state index is -0.342. The first-order chi connectivity index (χ1) is 17.0. The summed E-state index contributed by atoms with van der Waals surface area (Å²) in [5, 5.41) is 4.97. The van der Waals surface area contributed by atoms with Crippen molar-refractivity contribution in [2.24, 2.45) is 5.10 Å². The predicted molar refractivity (Wildman–Crippen MR) is 138 cm³/mol. The summed E-state index contributed by atoms with van der Waals surface area (Å²) < 4.78 is 12.2. The third-order valence-corrected chi connectivity index (χ3v) is 6.13. The number of amides is 1. The van der Waals surface area contributed by atoms with Gasteiger partial charge in [-0.3, -0.25) is 14.2 Å². The van der Waals surface area contributed by atoms with Gasteiger partial charge in [-0.2, -0.15) is 5.10 Å². The molecule has 0 bridgehead atoms. The molecule has 4 aromatic rings. The molecule has 4 rings (SSSR count). The number of methoxy groups -OCH3 is 2. The topological polar surface area (TPSA) is 94.8 Å². The van der Waals surface area contributed by atoms with E-state index in [4.69, 9.17) is 9.47 Å². The Bertz CT molecular complexity index is 1450. The van der Waals surface area contributed by atoms with Crippen LogP contribution in [0.5, 0.6) is 11.5 Å². The monoisotopic (exact) mass is 488 g/mol. The Labute approximate surface area is 206 Å². The summed E-state index contributed by atoms with van der Waals surface area (Å²) in [5.41, 5.74) is 5.31. The number of carbonyl (C=O) groups is 1. The third kappa shape index (κ3) is 5.36. The van der Waals surface area contributed by atoms with Crippen molar-refractivity contribution in [3.8, 4) is 17.2 Å². The second-order valence-electron chi connectivity index (χ2n) is 7.55. The van der Waals surface area contributed by atoms with Crippen molar-refractivity contribution in [3.05, 3.63) is 88.2 Å². The minimum Gasteiger partial charge on any atom is -0.493 e. The summed E-state index contributed by atoms with van der Waals surface area (Å²) in [6, 6.07) is 20.1. The molecule has 0 aliphatic heterocycles. The van der Waals surface area contributed by atoms with Gasteiger partial charge < -0.3 is 9.47 Å². The smallest absolute Gasteiger partial charge is 0.266 e. The number of thioether (sulfide) groups is 1. The number of benzene rings is 3. The van der Waals surface area contributed by atoms with Gasteiger partial charge in [0, 0.05) is 5.56 Å². The fourth-order valence-electron chi connectivity index (χ4n) is 3.48. The Balaban J connectivity index is 1.55. The first-order valence-electron chi connectivity index (χ1n) is 10.8. The first kappa shape index (κ1) is 24.0. The van der Waals surface area contributed by atoms with Gasteiger partial charge in [0.1, 0.15) is 0 Å². The van der Waals surface area contributed by atoms with Crippen LogP contribution in [-0.4, -0.2) is 41.6 Å². The number of nitrogens with one attached hydrogen (secondary N) is 1. The lowest BCUT2D eigenvalue weighted by Gasteiger charge is -2.13. The molecule has 9 heteroatoms. The Kier molecular flexibility index (Phi) is 7.47. The molecular weight excluding hydrogens is 464 g/mol. The number of hydrogen-bond acceptors (Lipinski definition) is 7. The van der Waals surface area contributed by atoms with Crippen LogP contribution in [0.4, 0.5) is 0 Å². The predicted octanol–water partition coefficient (Wildman–Crippen LogP) is 3.95. The van der Waals surface area contributed by atoms with Gasteiger partial charge in [0.25, 0.3) is 11.5 Å². The largest absolute Gasteiger partial charge is 0.493 e. The van der Waals surface area contributed by atoms with E-state index < -0.39 is 0 Å². The SMILES string of the molecule is COc1cccc(/C=N/NC(=O)CSc2nc3ccccc3c(=O)n2-c2ccc(C)cc2)c1OC. The van der Waals surface area contributed by atoms with Crippen molar-refractivity contribution in [2.45, 2.75) is 12.1 Å². The van der Waals surface area contributed by atoms with E-state index in [1.54, 1.807) is 43.5 Å². The maximum Gasteiger partial charge on any atom is 0.266 e. The number of ether oxygens (including phenoxy) is 2. The van der Waals surface area contributed by atoms with Gasteiger partial charge >= 0.3 is 0 Å². The maximum absolute atomic E-state index is 13.3. The molecule has 0 fully saturated rings. The van der Waals surface area contributed by atoms with Crippen LogP contribution in [0, 0.1) is 6.92 Å². The number of para-hydroxylation sites is 2. The molecule has 1 heterocycles. The average molecular weight is 489 g/mol. The average Bonchev–Trinajstić information content (AvgIpc) is 2.88. The highest BCUT2D eigenvalue weighted by atomic mass is 32.2. The Hall–Kier alpha value is -4.11. The molecule has 0 radical (unpaired) electrons. The second-order valence-corrected chi connectivity index (χ2v) is 8.49. The highest BCUT2D eigenvalue weighted by molar-refractivity contribution is 7.99. The van der Waals surface area contributed by atoms with E-state index in [9.17, 15) is 9.59 Å². The highest BCUT2D eigenvalue weighted by Crippen LogP contribution is 2.29. The molecule has 35 heavy (non-hydrogen) atoms. The van der Waals surface area contributed by atoms with Crippen molar-refractivity contribution in [1.82, 2.24) is 15.0 Å². The zero-order valence-electron chi connectivity index (χ0n) is 19.5. The second kappa shape index (κ2) is 10.9. The van der Waals surface area contributed by atoms with Crippen molar-refractivity contribution in [3.63, 3.8) is 0 Å². The Morgan fingerprint density at radius 1 is 1.06 bits per heavy atom. The summed E-state index contributed by atoms with van der Waals surface area (Å²) in [4.78, 5) is 30.4. The molecule has 0 aliphatic carbocycles. The number of rotatable bonds is 8. The van der Waals surface area contributed by atoms with Crippen LogP contribution < -0.4 is 20.5 Å². The fraction of sp³-hybridized carbons (Fsp3) is 0.154. The number of fused-ring (bicyclic) bond motifs is 1. The lowest BCUT2D eigenvalue weighted by atomic mass is 10.2. The van der Waals surface area contributed by atoms with Crippen molar-refractivity contribution in [2.75, 3.05) is 20.0 Å². The maximum atomic E-state index is 13.3. The lowest BCUT2D eigenvalue weighted by molar-refractivity contribution is -0.118. The van der Waals surface area contributed by atoms with Gasteiger partial charge in [0.05, 0.1) is 42.8 Å². The summed E-state index contributed by atoms with van der Waals surface area (Å²) in [5.74, 6) is 0.758. The Morgan fingerprint density at radius 2 is 1.83 bits per heavy atom. The molecule has 178 valence electrons. The van der Waals surface area contributed by atoms with Crippen molar-refractivity contribution >= 4 is 34.8 Å². The van der Waals surface area contributed by atoms with Crippen LogP contribution in [0.3, 0.4) is 0 Å². The van der Waals surface area contributed by atoms with E-state index in [0.29, 0.717) is 38.8 Å². The van der Waals surface area contributed by atoms with E-state index in [1.165, 1.54) is 17.9 Å². The van der Waals surface area contributed by atoms with E-state index in [1.807, 2.05) is 37.3 Å². The van der Waals surface area contributed by atoms with Crippen LogP contribution in [0.15, 0.2) is 81.8 Å². The molecule has 8 nitrogen and oxygen atoms in total. The van der Waals surface area contributed by atoms with Crippen LogP contribution >= 0.6 is 11.8 Å². The van der Waals surface area contributed by atoms with Crippen LogP contribution in [0.1, 0.15) is 11.1 Å². The zero-order valence-corrected chi connectivity index (χ0v) is 20.3. The van der Waals surface area contributed by atoms with Crippen LogP contribution in [-0.2, 0) is 4.79 Å². The van der Waals surface area contributed by atoms with Gasteiger partial charge in [-0.1, -0.05) is 47.7 Å². The van der Waals surface area contributed by atoms with Crippen molar-refractivity contribution < 1.29 is 14.3 Å². The summed E-state index contributed by atoms with van der Waals surface area (Å²) in [6.07, 6.45) is 1.49. The van der Waals surface area contributed by atoms with Crippen LogP contribution in [0.2, 0.25) is 0 Å². The Morgan fingerprint density at radius 3 is 2.57 bits per heavy atom. The molecule has 0 unspecified atom stereocenters. The first-order valence-corrected chi connectivity index (χ1v) is 11.7. The van der Waals surface area contributed by atoms with Gasteiger partial charge in [0.15, 0.2) is 16.7 Å². The zero-order chi connectivity index (χ0) is 24.8. The number of aryl methyl sites for hydroxylation is 1. The molecular formula is C26H24N4O4S. The molecule has 1 N–H and O–H groups in total. The van der Waals surface area contributed by atoms with Gasteiger partial charge in [-0.25, -0.2) is 10.4 Å². The van der Waals surface area contributed by atoms with Gasteiger partial charge in [-0.15, -0.1) is 0 Å². The normalized spacial score (nSPS) is 11.1. The molecule has 0 atom stereocenters. The van der Waals surface area contributed by atoms with E-state index >= 15 is 0 Å². The molecule has 0 aliphatic rings. The van der Waals surface area contributed by atoms with E-state index in [0.717, 1.165) is 17.3 Å². The summed E-state index contributed by atoms with van der Waals surface area (Å²) in [6.45, 7) is 1.98. The van der Waals surface area contributed by atoms with E-state index in [2.05, 4.69) is 15.5 Å². The fourth-order valence-corrected chi connectivity index (χ4v) is 4.29. The number of hydrazone groups is 1. The highest BCUT2D eigenvalue weighted by Gasteiger charge is 2.15. The molecule has 0 saturated carbocycles. The van der Waals surface area contributed by atoms with Gasteiger partial charge in [-0.05, 0) is 43.3 Å². The summed E-state index contributed by atoms with van der Waals surface area (Å²) >= 11 is 1.16. The minimum absolute atomic E-state index is 0.0171. The van der Waals surface area contributed by atoms with Crippen LogP contribution in [0.25, 0.3) is 16.6 Å². The van der Waals surface area contributed by atoms with Crippen molar-refractivity contribution in [1.29, 1.82) is 0 Å². The number of nitrogens with zero attached hydrogens (tertiary/aromatic N) is 3. The molecule has 1 amide bonds. The molecule has 3 aromatic carbocycles. The quantitative estimate of drug-likeness (QED) is 0.175. The lowest BCUT2D eigenvalue weighted by Crippen LogP contribution is -2.24. The standard InChI is InChI=1S/C26H24N4O4S/c1-17-11-13-19(14-12-17)30-25(32)20-8-4-5-9-21(20)28-26(30)35-16-23(31)29-27-15-18-7-6-10-22(33-2)24(18)34-3/h4-15H,16H2,1-3H3,(H,29,31)/b27-15+. The molecule has 1 aromatic heterocycles.